The minimum absolute atomic E-state index is 0.00318. The van der Waals surface area contributed by atoms with Crippen LogP contribution in [0.4, 0.5) is 0 Å². The van der Waals surface area contributed by atoms with E-state index in [0.29, 0.717) is 11.3 Å². The van der Waals surface area contributed by atoms with E-state index in [1.807, 2.05) is 49.4 Å². The van der Waals surface area contributed by atoms with E-state index in [1.54, 1.807) is 6.07 Å². The van der Waals surface area contributed by atoms with E-state index in [1.165, 1.54) is 0 Å². The van der Waals surface area contributed by atoms with Crippen molar-refractivity contribution in [2.75, 3.05) is 0 Å². The second-order valence-corrected chi connectivity index (χ2v) is 5.14. The zero-order valence-corrected chi connectivity index (χ0v) is 12.1. The van der Waals surface area contributed by atoms with Gasteiger partial charge in [0.25, 0.3) is 0 Å². The highest BCUT2D eigenvalue weighted by Crippen LogP contribution is 2.27. The third kappa shape index (κ3) is 3.35. The zero-order chi connectivity index (χ0) is 13.8. The lowest BCUT2D eigenvalue weighted by Gasteiger charge is -2.17. The average molecular weight is 319 g/mol. The Morgan fingerprint density at radius 1 is 1.21 bits per heavy atom. The van der Waals surface area contributed by atoms with Crippen molar-refractivity contribution in [1.82, 2.24) is 0 Å². The van der Waals surface area contributed by atoms with Crippen molar-refractivity contribution in [2.45, 2.75) is 13.0 Å². The fraction of sp³-hybridized carbons (Fsp3) is 0.133. The molecule has 0 bridgehead atoms. The normalized spacial score (nSPS) is 11.9. The van der Waals surface area contributed by atoms with Crippen LogP contribution in [0.2, 0.25) is 0 Å². The van der Waals surface area contributed by atoms with Gasteiger partial charge in [0, 0.05) is 4.47 Å². The number of ether oxygens (including phenoxy) is 1. The maximum atomic E-state index is 7.60. The Labute approximate surface area is 121 Å². The summed E-state index contributed by atoms with van der Waals surface area (Å²) < 4.78 is 6.78. The molecule has 3 N–H and O–H groups in total. The number of nitrogens with one attached hydrogen (secondary N) is 1. The molecule has 0 saturated carbocycles. The smallest absolute Gasteiger partial charge is 0.131 e. The molecule has 0 aliphatic heterocycles. The molecule has 0 amide bonds. The largest absolute Gasteiger partial charge is 0.485 e. The third-order valence-electron chi connectivity index (χ3n) is 2.80. The molecule has 1 atom stereocenters. The SMILES string of the molecule is CC(Oc1ccc(Br)cc1C(=N)N)c1ccccc1. The number of halogens is 1. The lowest BCUT2D eigenvalue weighted by Crippen LogP contribution is -2.14. The molecule has 0 aromatic heterocycles. The fourth-order valence-electron chi connectivity index (χ4n) is 1.80. The summed E-state index contributed by atoms with van der Waals surface area (Å²) >= 11 is 3.37. The minimum Gasteiger partial charge on any atom is -0.485 e. The van der Waals surface area contributed by atoms with Crippen LogP contribution in [-0.4, -0.2) is 5.84 Å². The summed E-state index contributed by atoms with van der Waals surface area (Å²) in [5.74, 6) is 0.614. The van der Waals surface area contributed by atoms with Gasteiger partial charge in [0.1, 0.15) is 17.7 Å². The first kappa shape index (κ1) is 13.6. The number of amidine groups is 1. The summed E-state index contributed by atoms with van der Waals surface area (Å²) in [6, 6.07) is 15.4. The monoisotopic (exact) mass is 318 g/mol. The van der Waals surface area contributed by atoms with Crippen LogP contribution in [0.15, 0.2) is 53.0 Å². The van der Waals surface area contributed by atoms with E-state index in [9.17, 15) is 0 Å². The molecule has 0 aliphatic carbocycles. The molecule has 3 nitrogen and oxygen atoms in total. The van der Waals surface area contributed by atoms with Crippen molar-refractivity contribution in [3.05, 3.63) is 64.1 Å². The molecule has 0 aliphatic rings. The molecule has 2 aromatic rings. The molecule has 1 unspecified atom stereocenters. The highest BCUT2D eigenvalue weighted by Gasteiger charge is 2.12. The molecular formula is C15H15BrN2O. The standard InChI is InChI=1S/C15H15BrN2O/c1-10(11-5-3-2-4-6-11)19-14-8-7-12(16)9-13(14)15(17)18/h2-10H,1H3,(H3,17,18). The van der Waals surface area contributed by atoms with Gasteiger partial charge in [-0.15, -0.1) is 0 Å². The Morgan fingerprint density at radius 3 is 2.53 bits per heavy atom. The van der Waals surface area contributed by atoms with E-state index in [-0.39, 0.29) is 11.9 Å². The number of nitrogen functional groups attached to an aromatic ring is 1. The van der Waals surface area contributed by atoms with Gasteiger partial charge in [-0.2, -0.15) is 0 Å². The van der Waals surface area contributed by atoms with Crippen LogP contribution in [-0.2, 0) is 0 Å². The van der Waals surface area contributed by atoms with Crippen LogP contribution in [0.1, 0.15) is 24.2 Å². The first-order valence-corrected chi connectivity index (χ1v) is 6.73. The Bertz CT molecular complexity index is 584. The van der Waals surface area contributed by atoms with Crippen LogP contribution in [0, 0.1) is 5.41 Å². The highest BCUT2D eigenvalue weighted by molar-refractivity contribution is 9.10. The molecule has 0 heterocycles. The van der Waals surface area contributed by atoms with Crippen molar-refractivity contribution < 1.29 is 4.74 Å². The summed E-state index contributed by atoms with van der Waals surface area (Å²) in [7, 11) is 0. The lowest BCUT2D eigenvalue weighted by atomic mass is 10.1. The van der Waals surface area contributed by atoms with E-state index >= 15 is 0 Å². The molecule has 2 aromatic carbocycles. The van der Waals surface area contributed by atoms with E-state index < -0.39 is 0 Å². The molecule has 0 spiro atoms. The minimum atomic E-state index is -0.0968. The van der Waals surface area contributed by atoms with Gasteiger partial charge in [0.15, 0.2) is 0 Å². The van der Waals surface area contributed by atoms with Crippen molar-refractivity contribution in [2.24, 2.45) is 5.73 Å². The van der Waals surface area contributed by atoms with Crippen LogP contribution in [0.25, 0.3) is 0 Å². The summed E-state index contributed by atoms with van der Waals surface area (Å²) in [6.45, 7) is 1.97. The summed E-state index contributed by atoms with van der Waals surface area (Å²) in [5, 5.41) is 7.60. The highest BCUT2D eigenvalue weighted by atomic mass is 79.9. The van der Waals surface area contributed by atoms with Crippen molar-refractivity contribution in [3.63, 3.8) is 0 Å². The van der Waals surface area contributed by atoms with Gasteiger partial charge in [-0.1, -0.05) is 46.3 Å². The Morgan fingerprint density at radius 2 is 1.89 bits per heavy atom. The van der Waals surface area contributed by atoms with Gasteiger partial charge in [-0.05, 0) is 30.7 Å². The Hall–Kier alpha value is -1.81. The second-order valence-electron chi connectivity index (χ2n) is 4.22. The number of hydrogen-bond acceptors (Lipinski definition) is 2. The molecule has 19 heavy (non-hydrogen) atoms. The fourth-order valence-corrected chi connectivity index (χ4v) is 2.16. The zero-order valence-electron chi connectivity index (χ0n) is 10.6. The van der Waals surface area contributed by atoms with Gasteiger partial charge < -0.3 is 10.5 Å². The van der Waals surface area contributed by atoms with Crippen LogP contribution >= 0.6 is 15.9 Å². The quantitative estimate of drug-likeness (QED) is 0.664. The first-order chi connectivity index (χ1) is 9.08. The summed E-state index contributed by atoms with van der Waals surface area (Å²) in [5.41, 5.74) is 7.26. The summed E-state index contributed by atoms with van der Waals surface area (Å²) in [4.78, 5) is 0. The molecule has 2 rings (SSSR count). The van der Waals surface area contributed by atoms with Crippen molar-refractivity contribution in [3.8, 4) is 5.75 Å². The molecule has 98 valence electrons. The molecule has 0 saturated heterocycles. The summed E-state index contributed by atoms with van der Waals surface area (Å²) in [6.07, 6.45) is -0.0968. The number of nitrogens with two attached hydrogens (primary N) is 1. The Kier molecular flexibility index (Phi) is 4.22. The maximum Gasteiger partial charge on any atom is 0.131 e. The number of rotatable bonds is 4. The van der Waals surface area contributed by atoms with Gasteiger partial charge in [0.05, 0.1) is 5.56 Å². The molecular weight excluding hydrogens is 304 g/mol. The van der Waals surface area contributed by atoms with Crippen molar-refractivity contribution >= 4 is 21.8 Å². The van der Waals surface area contributed by atoms with Crippen LogP contribution < -0.4 is 10.5 Å². The van der Waals surface area contributed by atoms with Crippen LogP contribution in [0.3, 0.4) is 0 Å². The van der Waals surface area contributed by atoms with Crippen LogP contribution in [0.5, 0.6) is 5.75 Å². The first-order valence-electron chi connectivity index (χ1n) is 5.93. The van der Waals surface area contributed by atoms with Gasteiger partial charge in [-0.25, -0.2) is 0 Å². The Balaban J connectivity index is 2.26. The molecule has 4 heteroatoms. The molecule has 0 fully saturated rings. The third-order valence-corrected chi connectivity index (χ3v) is 3.30. The van der Waals surface area contributed by atoms with E-state index in [2.05, 4.69) is 15.9 Å². The lowest BCUT2D eigenvalue weighted by molar-refractivity contribution is 0.226. The van der Waals surface area contributed by atoms with Gasteiger partial charge in [-0.3, -0.25) is 5.41 Å². The van der Waals surface area contributed by atoms with E-state index in [4.69, 9.17) is 15.9 Å². The topological polar surface area (TPSA) is 59.1 Å². The maximum absolute atomic E-state index is 7.60. The van der Waals surface area contributed by atoms with Gasteiger partial charge >= 0.3 is 0 Å². The van der Waals surface area contributed by atoms with Crippen molar-refractivity contribution in [1.29, 1.82) is 5.41 Å². The van der Waals surface area contributed by atoms with Gasteiger partial charge in [0.2, 0.25) is 0 Å². The van der Waals surface area contributed by atoms with E-state index in [0.717, 1.165) is 10.0 Å². The molecule has 0 radical (unpaired) electrons. The predicted molar refractivity (Wildman–Crippen MR) is 80.6 cm³/mol. The second kappa shape index (κ2) is 5.89. The number of benzene rings is 2. The predicted octanol–water partition coefficient (Wildman–Crippen LogP) is 3.87. The number of hydrogen-bond donors (Lipinski definition) is 2. The average Bonchev–Trinajstić information content (AvgIpc) is 2.41.